The van der Waals surface area contributed by atoms with Crippen LogP contribution >= 0.6 is 7.82 Å². The third-order valence-electron chi connectivity index (χ3n) is 10.4. The van der Waals surface area contributed by atoms with Crippen LogP contribution in [0.5, 0.6) is 0 Å². The number of quaternary nitrogens is 1. The second-order valence-corrected chi connectivity index (χ2v) is 18.2. The normalized spacial score (nSPS) is 14.4. The molecule has 0 heterocycles. The van der Waals surface area contributed by atoms with Gasteiger partial charge < -0.3 is 19.8 Å². The van der Waals surface area contributed by atoms with Gasteiger partial charge in [-0.2, -0.15) is 0 Å². The Morgan fingerprint density at radius 1 is 0.577 bits per heavy atom. The molecule has 0 radical (unpaired) electrons. The number of hydrogen-bond donors (Lipinski definition) is 3. The third-order valence-corrected chi connectivity index (χ3v) is 11.3. The number of unbranched alkanes of at least 4 members (excludes halogenated alkanes) is 28. The molecule has 0 fully saturated rings. The van der Waals surface area contributed by atoms with Gasteiger partial charge in [-0.15, -0.1) is 0 Å². The Morgan fingerprint density at radius 3 is 1.29 bits per heavy atom. The minimum atomic E-state index is -4.30. The molecule has 0 spiro atoms. The Labute approximate surface area is 323 Å². The van der Waals surface area contributed by atoms with Crippen molar-refractivity contribution in [2.75, 3.05) is 40.9 Å². The SMILES string of the molecule is CCCCCCCCCCCCCCCCCCCCCC(O)C(COP(=O)(O)OCC[N+](C)(C)C)NC(=O)CCCCCCCCCCCCC. The molecule has 0 aromatic carbocycles. The van der Waals surface area contributed by atoms with E-state index in [0.717, 1.165) is 38.5 Å². The van der Waals surface area contributed by atoms with Crippen molar-refractivity contribution in [3.8, 4) is 0 Å². The van der Waals surface area contributed by atoms with Crippen molar-refractivity contribution in [1.29, 1.82) is 0 Å². The van der Waals surface area contributed by atoms with E-state index < -0.39 is 20.0 Å². The summed E-state index contributed by atoms with van der Waals surface area (Å²) < 4.78 is 23.6. The smallest absolute Gasteiger partial charge is 0.391 e. The Balaban J connectivity index is 4.28. The number of rotatable bonds is 41. The number of carbonyl (C=O) groups excluding carboxylic acids is 1. The Bertz CT molecular complexity index is 824. The van der Waals surface area contributed by atoms with E-state index in [1.54, 1.807) is 0 Å². The lowest BCUT2D eigenvalue weighted by Crippen LogP contribution is -2.46. The first-order valence-electron chi connectivity index (χ1n) is 22.4. The van der Waals surface area contributed by atoms with Gasteiger partial charge in [-0.3, -0.25) is 13.8 Å². The lowest BCUT2D eigenvalue weighted by atomic mass is 10.0. The molecule has 0 bridgehead atoms. The van der Waals surface area contributed by atoms with Gasteiger partial charge in [0.15, 0.2) is 0 Å². The zero-order chi connectivity index (χ0) is 38.6. The van der Waals surface area contributed by atoms with Crippen LogP contribution < -0.4 is 5.32 Å². The molecule has 1 amide bonds. The highest BCUT2D eigenvalue weighted by Gasteiger charge is 2.28. The van der Waals surface area contributed by atoms with Gasteiger partial charge in [-0.25, -0.2) is 4.57 Å². The number of nitrogens with one attached hydrogen (secondary N) is 1. The van der Waals surface area contributed by atoms with E-state index in [0.29, 0.717) is 23.9 Å². The summed E-state index contributed by atoms with van der Waals surface area (Å²) in [5.41, 5.74) is 0. The predicted octanol–water partition coefficient (Wildman–Crippen LogP) is 12.2. The Morgan fingerprint density at radius 2 is 0.923 bits per heavy atom. The van der Waals surface area contributed by atoms with Crippen LogP contribution in [0, 0.1) is 0 Å². The number of aliphatic hydroxyl groups excluding tert-OH is 1. The molecule has 0 aliphatic rings. The van der Waals surface area contributed by atoms with Crippen LogP contribution in [-0.2, 0) is 18.4 Å². The first-order chi connectivity index (χ1) is 25.0. The summed E-state index contributed by atoms with van der Waals surface area (Å²) >= 11 is 0. The minimum absolute atomic E-state index is 0.0784. The largest absolute Gasteiger partial charge is 0.472 e. The van der Waals surface area contributed by atoms with Crippen molar-refractivity contribution in [1.82, 2.24) is 5.32 Å². The van der Waals surface area contributed by atoms with Crippen molar-refractivity contribution in [2.24, 2.45) is 0 Å². The monoisotopic (exact) mass is 762 g/mol. The van der Waals surface area contributed by atoms with E-state index in [-0.39, 0.29) is 19.1 Å². The van der Waals surface area contributed by atoms with Gasteiger partial charge in [-0.1, -0.05) is 200 Å². The highest BCUT2D eigenvalue weighted by molar-refractivity contribution is 7.47. The zero-order valence-electron chi connectivity index (χ0n) is 35.3. The molecule has 0 aromatic rings. The van der Waals surface area contributed by atoms with Crippen molar-refractivity contribution in [3.63, 3.8) is 0 Å². The van der Waals surface area contributed by atoms with Gasteiger partial charge in [0.2, 0.25) is 5.91 Å². The highest BCUT2D eigenvalue weighted by atomic mass is 31.2. The molecule has 0 saturated carbocycles. The van der Waals surface area contributed by atoms with Crippen LogP contribution in [0.4, 0.5) is 0 Å². The summed E-state index contributed by atoms with van der Waals surface area (Å²) in [5.74, 6) is -0.143. The molecule has 3 unspecified atom stereocenters. The minimum Gasteiger partial charge on any atom is -0.391 e. The molecule has 312 valence electrons. The van der Waals surface area contributed by atoms with Gasteiger partial charge in [0, 0.05) is 6.42 Å². The molecule has 0 saturated heterocycles. The van der Waals surface area contributed by atoms with Gasteiger partial charge in [-0.05, 0) is 12.8 Å². The summed E-state index contributed by atoms with van der Waals surface area (Å²) in [7, 11) is 1.63. The molecule has 52 heavy (non-hydrogen) atoms. The van der Waals surface area contributed by atoms with E-state index in [2.05, 4.69) is 19.2 Å². The van der Waals surface area contributed by atoms with Crippen molar-refractivity contribution < 1.29 is 32.9 Å². The number of likely N-dealkylation sites (N-methyl/N-ethyl adjacent to an activating group) is 1. The first-order valence-corrected chi connectivity index (χ1v) is 23.9. The first kappa shape index (κ1) is 51.5. The average molecular weight is 762 g/mol. The topological polar surface area (TPSA) is 105 Å². The Hall–Kier alpha value is -0.500. The van der Waals surface area contributed by atoms with Crippen LogP contribution in [0.15, 0.2) is 0 Å². The lowest BCUT2D eigenvalue weighted by Gasteiger charge is -2.26. The third kappa shape index (κ3) is 37.8. The molecule has 8 nitrogen and oxygen atoms in total. The van der Waals surface area contributed by atoms with Gasteiger partial charge in [0.05, 0.1) is 39.9 Å². The second-order valence-electron chi connectivity index (χ2n) is 16.8. The van der Waals surface area contributed by atoms with Crippen molar-refractivity contribution in [2.45, 2.75) is 231 Å². The van der Waals surface area contributed by atoms with Gasteiger partial charge in [0.1, 0.15) is 13.2 Å². The maximum Gasteiger partial charge on any atom is 0.472 e. The fourth-order valence-corrected chi connectivity index (χ4v) is 7.49. The number of hydrogen-bond acceptors (Lipinski definition) is 5. The molecule has 9 heteroatoms. The summed E-state index contributed by atoms with van der Waals surface area (Å²) in [5, 5.41) is 13.9. The molecule has 0 aliphatic heterocycles. The number of nitrogens with zero attached hydrogens (tertiary/aromatic N) is 1. The number of phosphoric ester groups is 1. The summed E-state index contributed by atoms with van der Waals surface area (Å²) in [4.78, 5) is 23.1. The van der Waals surface area contributed by atoms with Crippen LogP contribution in [0.3, 0.4) is 0 Å². The van der Waals surface area contributed by atoms with Gasteiger partial charge >= 0.3 is 7.82 Å². The Kier molecular flexibility index (Phi) is 35.8. The van der Waals surface area contributed by atoms with E-state index in [9.17, 15) is 19.4 Å². The maximum atomic E-state index is 12.8. The summed E-state index contributed by atoms with van der Waals surface area (Å²) in [6, 6.07) is -0.752. The second kappa shape index (κ2) is 36.2. The van der Waals surface area contributed by atoms with E-state index in [1.165, 1.54) is 154 Å². The molecule has 0 aliphatic carbocycles. The van der Waals surface area contributed by atoms with Gasteiger partial charge in [0.25, 0.3) is 0 Å². The van der Waals surface area contributed by atoms with Crippen LogP contribution in [0.2, 0.25) is 0 Å². The average Bonchev–Trinajstić information content (AvgIpc) is 3.09. The van der Waals surface area contributed by atoms with Crippen LogP contribution in [0.25, 0.3) is 0 Å². The molecule has 3 N–H and O–H groups in total. The number of amides is 1. The number of phosphoric acid groups is 1. The fourth-order valence-electron chi connectivity index (χ4n) is 6.75. The zero-order valence-corrected chi connectivity index (χ0v) is 36.2. The maximum absolute atomic E-state index is 12.8. The fraction of sp³-hybridized carbons (Fsp3) is 0.977. The van der Waals surface area contributed by atoms with Crippen LogP contribution in [0.1, 0.15) is 219 Å². The molecular formula is C43H90N2O6P+. The van der Waals surface area contributed by atoms with Crippen molar-refractivity contribution in [3.05, 3.63) is 0 Å². The molecule has 0 rings (SSSR count). The van der Waals surface area contributed by atoms with E-state index >= 15 is 0 Å². The summed E-state index contributed by atoms with van der Waals surface area (Å²) in [6.45, 7) is 4.90. The predicted molar refractivity (Wildman–Crippen MR) is 222 cm³/mol. The highest BCUT2D eigenvalue weighted by Crippen LogP contribution is 2.43. The number of aliphatic hydroxyl groups is 1. The lowest BCUT2D eigenvalue weighted by molar-refractivity contribution is -0.870. The van der Waals surface area contributed by atoms with E-state index in [1.807, 2.05) is 21.1 Å². The van der Waals surface area contributed by atoms with Crippen LogP contribution in [-0.4, -0.2) is 73.4 Å². The number of carbonyl (C=O) groups is 1. The molecule has 3 atom stereocenters. The molecular weight excluding hydrogens is 671 g/mol. The molecule has 0 aromatic heterocycles. The van der Waals surface area contributed by atoms with E-state index in [4.69, 9.17) is 9.05 Å². The standard InChI is InChI=1S/C43H89N2O6P/c1-6-8-10-12-14-16-18-19-20-21-22-23-24-25-27-28-30-32-34-36-42(46)41(40-51-52(48,49)50-39-38-45(3,4)5)44-43(47)37-35-33-31-29-26-17-15-13-11-9-7-2/h41-42,46H,6-40H2,1-5H3,(H-,44,47,48,49)/p+1. The van der Waals surface area contributed by atoms with Crippen molar-refractivity contribution >= 4 is 13.7 Å². The quantitative estimate of drug-likeness (QED) is 0.0325. The summed E-state index contributed by atoms with van der Waals surface area (Å²) in [6.07, 6.45) is 38.4.